The fourth-order valence-electron chi connectivity index (χ4n) is 0.273. The summed E-state index contributed by atoms with van der Waals surface area (Å²) in [5, 5.41) is -10.00. The molecule has 10 heteroatoms. The van der Waals surface area contributed by atoms with E-state index in [1.54, 1.807) is 0 Å². The first kappa shape index (κ1) is 14.1. The van der Waals surface area contributed by atoms with Crippen molar-refractivity contribution in [2.45, 2.75) is 23.2 Å². The highest BCUT2D eigenvalue weighted by Crippen LogP contribution is 2.45. The van der Waals surface area contributed by atoms with E-state index in [-0.39, 0.29) is 0 Å². The van der Waals surface area contributed by atoms with Crippen molar-refractivity contribution in [3.63, 3.8) is 0 Å². The van der Waals surface area contributed by atoms with Crippen LogP contribution in [0.4, 0.5) is 30.7 Å². The fraction of sp³-hybridized carbons (Fsp3) is 1.00. The van der Waals surface area contributed by atoms with Crippen LogP contribution in [-0.4, -0.2) is 23.2 Å². The molecule has 1 unspecified atom stereocenters. The van der Waals surface area contributed by atoms with Crippen LogP contribution < -0.4 is 0 Å². The molecule has 0 fully saturated rings. The van der Waals surface area contributed by atoms with Gasteiger partial charge in [0.1, 0.15) is 0 Å². The molecule has 0 saturated carbocycles. The molecular formula is C4HCl2F7O. The SMILES string of the molecule is FC(F)C(F)(F)OC(F)(Cl)C(F)(F)Cl. The lowest BCUT2D eigenvalue weighted by atomic mass is 10.6. The van der Waals surface area contributed by atoms with Gasteiger partial charge in [0.2, 0.25) is 0 Å². The molecular weight excluding hydrogens is 268 g/mol. The minimum absolute atomic E-state index is 2.38. The lowest BCUT2D eigenvalue weighted by Crippen LogP contribution is -2.45. The standard InChI is InChI=1S/C4HCl2F7O/c5-3(11,12)4(6,13)14-2(9,10)1(7)8/h1H. The van der Waals surface area contributed by atoms with Crippen molar-refractivity contribution in [1.82, 2.24) is 0 Å². The van der Waals surface area contributed by atoms with Crippen molar-refractivity contribution in [2.75, 3.05) is 0 Å². The second-order valence-electron chi connectivity index (χ2n) is 1.98. The van der Waals surface area contributed by atoms with Crippen molar-refractivity contribution in [3.05, 3.63) is 0 Å². The molecule has 0 aromatic rings. The first-order valence-corrected chi connectivity index (χ1v) is 3.46. The number of alkyl halides is 9. The van der Waals surface area contributed by atoms with Crippen molar-refractivity contribution in [2.24, 2.45) is 0 Å². The maximum atomic E-state index is 12.3. The van der Waals surface area contributed by atoms with Crippen LogP contribution in [-0.2, 0) is 4.74 Å². The van der Waals surface area contributed by atoms with Crippen LogP contribution in [0.15, 0.2) is 0 Å². The summed E-state index contributed by atoms with van der Waals surface area (Å²) in [5.74, 6) is 0. The minimum atomic E-state index is -5.46. The molecule has 0 radical (unpaired) electrons. The van der Waals surface area contributed by atoms with E-state index in [1.165, 1.54) is 0 Å². The lowest BCUT2D eigenvalue weighted by Gasteiger charge is -2.26. The predicted octanol–water partition coefficient (Wildman–Crippen LogP) is 3.55. The highest BCUT2D eigenvalue weighted by molar-refractivity contribution is 6.31. The lowest BCUT2D eigenvalue weighted by molar-refractivity contribution is -0.371. The smallest absolute Gasteiger partial charge is 0.259 e. The van der Waals surface area contributed by atoms with Gasteiger partial charge in [0, 0.05) is 0 Å². The van der Waals surface area contributed by atoms with E-state index in [0.29, 0.717) is 0 Å². The number of hydrogen-bond donors (Lipinski definition) is 0. The van der Waals surface area contributed by atoms with Crippen molar-refractivity contribution in [1.29, 1.82) is 0 Å². The van der Waals surface area contributed by atoms with Gasteiger partial charge >= 0.3 is 23.2 Å². The maximum Gasteiger partial charge on any atom is 0.420 e. The van der Waals surface area contributed by atoms with Gasteiger partial charge in [-0.25, -0.2) is 8.78 Å². The van der Waals surface area contributed by atoms with Gasteiger partial charge in [-0.1, -0.05) is 0 Å². The Bertz CT molecular complexity index is 200. The molecule has 0 aliphatic carbocycles. The van der Waals surface area contributed by atoms with E-state index < -0.39 is 23.2 Å². The van der Waals surface area contributed by atoms with Crippen molar-refractivity contribution in [3.8, 4) is 0 Å². The van der Waals surface area contributed by atoms with Crippen molar-refractivity contribution >= 4 is 23.2 Å². The number of ether oxygens (including phenoxy) is 1. The Morgan fingerprint density at radius 3 is 1.50 bits per heavy atom. The van der Waals surface area contributed by atoms with E-state index in [9.17, 15) is 30.7 Å². The van der Waals surface area contributed by atoms with Crippen LogP contribution >= 0.6 is 23.2 Å². The summed E-state index contributed by atoms with van der Waals surface area (Å²) in [5.41, 5.74) is 0. The van der Waals surface area contributed by atoms with Gasteiger partial charge in [-0.15, -0.1) is 0 Å². The monoisotopic (exact) mass is 268 g/mol. The molecule has 0 aromatic heterocycles. The average Bonchev–Trinajstić information content (AvgIpc) is 1.80. The predicted molar refractivity (Wildman–Crippen MR) is 32.5 cm³/mol. The summed E-state index contributed by atoms with van der Waals surface area (Å²) in [6, 6.07) is 0. The summed E-state index contributed by atoms with van der Waals surface area (Å²) in [7, 11) is 0. The molecule has 0 heterocycles. The van der Waals surface area contributed by atoms with E-state index in [2.05, 4.69) is 27.9 Å². The van der Waals surface area contributed by atoms with Crippen molar-refractivity contribution < 1.29 is 35.5 Å². The molecule has 86 valence electrons. The number of rotatable bonds is 4. The molecule has 0 aliphatic heterocycles. The summed E-state index contributed by atoms with van der Waals surface area (Å²) < 4.78 is 84.8. The average molecular weight is 269 g/mol. The van der Waals surface area contributed by atoms with Crippen LogP contribution in [0.2, 0.25) is 0 Å². The number of halogens is 9. The van der Waals surface area contributed by atoms with Gasteiger partial charge in [0.15, 0.2) is 0 Å². The molecule has 0 spiro atoms. The van der Waals surface area contributed by atoms with E-state index in [4.69, 9.17) is 0 Å². The Balaban J connectivity index is 4.67. The minimum Gasteiger partial charge on any atom is -0.259 e. The Labute approximate surface area is 82.7 Å². The molecule has 14 heavy (non-hydrogen) atoms. The Hall–Kier alpha value is 0.0500. The Morgan fingerprint density at radius 1 is 0.929 bits per heavy atom. The summed E-state index contributed by atoms with van der Waals surface area (Å²) in [6.45, 7) is 0. The van der Waals surface area contributed by atoms with Gasteiger partial charge in [0.25, 0.3) is 0 Å². The second-order valence-corrected chi connectivity index (χ2v) is 2.94. The largest absolute Gasteiger partial charge is 0.420 e. The zero-order valence-electron chi connectivity index (χ0n) is 5.89. The third-order valence-electron chi connectivity index (χ3n) is 0.848. The highest BCUT2D eigenvalue weighted by atomic mass is 35.5. The molecule has 1 nitrogen and oxygen atoms in total. The summed E-state index contributed by atoms with van der Waals surface area (Å²) in [4.78, 5) is 0. The fourth-order valence-corrected chi connectivity index (χ4v) is 0.415. The first-order valence-electron chi connectivity index (χ1n) is 2.71. The summed E-state index contributed by atoms with van der Waals surface area (Å²) >= 11 is 7.95. The summed E-state index contributed by atoms with van der Waals surface area (Å²) in [6.07, 6.45) is -9.98. The molecule has 0 aromatic carbocycles. The quantitative estimate of drug-likeness (QED) is 0.560. The molecule has 1 atom stereocenters. The topological polar surface area (TPSA) is 9.23 Å². The molecule has 0 bridgehead atoms. The second kappa shape index (κ2) is 3.90. The Morgan fingerprint density at radius 2 is 1.29 bits per heavy atom. The zero-order chi connectivity index (χ0) is 11.8. The first-order chi connectivity index (χ1) is 5.90. The van der Waals surface area contributed by atoms with Gasteiger partial charge in [-0.2, -0.15) is 22.0 Å². The molecule has 0 amide bonds. The van der Waals surface area contributed by atoms with Crippen LogP contribution in [0.5, 0.6) is 0 Å². The van der Waals surface area contributed by atoms with Gasteiger partial charge in [-0.05, 0) is 23.2 Å². The maximum absolute atomic E-state index is 12.3. The van der Waals surface area contributed by atoms with E-state index in [1.807, 2.05) is 0 Å². The molecule has 0 saturated heterocycles. The third-order valence-corrected chi connectivity index (χ3v) is 1.50. The molecule has 0 rings (SSSR count). The van der Waals surface area contributed by atoms with E-state index >= 15 is 0 Å². The van der Waals surface area contributed by atoms with Gasteiger partial charge < -0.3 is 0 Å². The van der Waals surface area contributed by atoms with Gasteiger partial charge in [0.05, 0.1) is 0 Å². The molecule has 0 aliphatic rings. The van der Waals surface area contributed by atoms with Gasteiger partial charge in [-0.3, -0.25) is 4.74 Å². The Kier molecular flexibility index (Phi) is 3.91. The van der Waals surface area contributed by atoms with Crippen LogP contribution in [0.25, 0.3) is 0 Å². The zero-order valence-corrected chi connectivity index (χ0v) is 7.40. The van der Waals surface area contributed by atoms with Crippen LogP contribution in [0.1, 0.15) is 0 Å². The normalized spacial score (nSPS) is 18.4. The highest BCUT2D eigenvalue weighted by Gasteiger charge is 2.61. The van der Waals surface area contributed by atoms with E-state index in [0.717, 1.165) is 0 Å². The van der Waals surface area contributed by atoms with Crippen LogP contribution in [0, 0.1) is 0 Å². The molecule has 0 N–H and O–H groups in total. The van der Waals surface area contributed by atoms with Crippen LogP contribution in [0.3, 0.4) is 0 Å². The number of hydrogen-bond acceptors (Lipinski definition) is 1. The third kappa shape index (κ3) is 3.32.